The van der Waals surface area contributed by atoms with Crippen molar-refractivity contribution in [1.29, 1.82) is 0 Å². The Bertz CT molecular complexity index is 303. The third-order valence-corrected chi connectivity index (χ3v) is 5.53. The lowest BCUT2D eigenvalue weighted by Gasteiger charge is -2.47. The van der Waals surface area contributed by atoms with Crippen LogP contribution in [0.1, 0.15) is 53.4 Å². The van der Waals surface area contributed by atoms with Crippen LogP contribution in [0.4, 0.5) is 0 Å². The van der Waals surface area contributed by atoms with E-state index in [0.29, 0.717) is 5.54 Å². The molecular formula is C17H32N2. The number of rotatable bonds is 5. The lowest BCUT2D eigenvalue weighted by molar-refractivity contribution is 0.0484. The predicted octanol–water partition coefficient (Wildman–Crippen LogP) is 3.13. The molecule has 2 nitrogen and oxygen atoms in total. The highest BCUT2D eigenvalue weighted by atomic mass is 15.3. The van der Waals surface area contributed by atoms with Gasteiger partial charge in [-0.2, -0.15) is 0 Å². The number of hydrogen-bond donors (Lipinski definition) is 1. The average Bonchev–Trinajstić information content (AvgIpc) is 3.16. The molecule has 3 fully saturated rings. The summed E-state index contributed by atoms with van der Waals surface area (Å²) < 4.78 is 0. The summed E-state index contributed by atoms with van der Waals surface area (Å²) in [5.41, 5.74) is 0.295. The monoisotopic (exact) mass is 264 g/mol. The van der Waals surface area contributed by atoms with Gasteiger partial charge in [-0.3, -0.25) is 4.90 Å². The van der Waals surface area contributed by atoms with Crippen LogP contribution in [-0.4, -0.2) is 36.1 Å². The van der Waals surface area contributed by atoms with Gasteiger partial charge in [-0.25, -0.2) is 0 Å². The van der Waals surface area contributed by atoms with E-state index in [0.717, 1.165) is 29.7 Å². The zero-order valence-electron chi connectivity index (χ0n) is 13.3. The SMILES string of the molecule is CC(C)C1CNC(C)(C)CN1CC(C1CC1)C1CC1. The molecule has 0 spiro atoms. The first-order chi connectivity index (χ1) is 8.96. The van der Waals surface area contributed by atoms with E-state index < -0.39 is 0 Å². The molecule has 19 heavy (non-hydrogen) atoms. The van der Waals surface area contributed by atoms with Gasteiger partial charge in [0.1, 0.15) is 0 Å². The molecule has 0 aromatic heterocycles. The highest BCUT2D eigenvalue weighted by molar-refractivity contribution is 4.98. The van der Waals surface area contributed by atoms with E-state index in [-0.39, 0.29) is 0 Å². The molecule has 3 aliphatic rings. The minimum absolute atomic E-state index is 0.295. The summed E-state index contributed by atoms with van der Waals surface area (Å²) in [4.78, 5) is 2.84. The molecule has 0 aromatic carbocycles. The first kappa shape index (κ1) is 13.9. The van der Waals surface area contributed by atoms with Crippen LogP contribution in [0, 0.1) is 23.7 Å². The maximum Gasteiger partial charge on any atom is 0.0252 e. The standard InChI is InChI=1S/C17H32N2/c1-12(2)16-9-18-17(3,4)11-19(16)10-15(13-5-6-13)14-7-8-14/h12-16,18H,5-11H2,1-4H3. The molecule has 1 heterocycles. The maximum atomic E-state index is 3.74. The van der Waals surface area contributed by atoms with E-state index in [1.165, 1.54) is 45.3 Å². The molecule has 2 saturated carbocycles. The molecule has 1 unspecified atom stereocenters. The Balaban J connectivity index is 1.67. The molecule has 0 amide bonds. The van der Waals surface area contributed by atoms with E-state index in [2.05, 4.69) is 37.9 Å². The summed E-state index contributed by atoms with van der Waals surface area (Å²) in [5.74, 6) is 3.95. The number of nitrogens with one attached hydrogen (secondary N) is 1. The van der Waals surface area contributed by atoms with Crippen LogP contribution in [0.3, 0.4) is 0 Å². The quantitative estimate of drug-likeness (QED) is 0.821. The first-order valence-corrected chi connectivity index (χ1v) is 8.45. The molecule has 1 atom stereocenters. The van der Waals surface area contributed by atoms with Crippen molar-refractivity contribution in [2.24, 2.45) is 23.7 Å². The van der Waals surface area contributed by atoms with Crippen LogP contribution in [0.2, 0.25) is 0 Å². The van der Waals surface area contributed by atoms with Crippen molar-refractivity contribution in [1.82, 2.24) is 10.2 Å². The lowest BCUT2D eigenvalue weighted by atomic mass is 9.89. The summed E-state index contributed by atoms with van der Waals surface area (Å²) in [5, 5.41) is 3.74. The van der Waals surface area contributed by atoms with Crippen LogP contribution >= 0.6 is 0 Å². The Morgan fingerprint density at radius 1 is 1.11 bits per heavy atom. The molecule has 0 bridgehead atoms. The molecule has 1 N–H and O–H groups in total. The van der Waals surface area contributed by atoms with Crippen molar-refractivity contribution in [3.8, 4) is 0 Å². The molecule has 110 valence electrons. The van der Waals surface area contributed by atoms with E-state index in [4.69, 9.17) is 0 Å². The molecule has 0 aromatic rings. The van der Waals surface area contributed by atoms with Crippen molar-refractivity contribution < 1.29 is 0 Å². The van der Waals surface area contributed by atoms with E-state index in [9.17, 15) is 0 Å². The van der Waals surface area contributed by atoms with Crippen molar-refractivity contribution in [2.75, 3.05) is 19.6 Å². The molecule has 1 aliphatic heterocycles. The van der Waals surface area contributed by atoms with E-state index in [1.54, 1.807) is 0 Å². The third-order valence-electron chi connectivity index (χ3n) is 5.53. The smallest absolute Gasteiger partial charge is 0.0252 e. The Kier molecular flexibility index (Phi) is 3.68. The molecule has 3 rings (SSSR count). The van der Waals surface area contributed by atoms with Gasteiger partial charge in [0.05, 0.1) is 0 Å². The number of nitrogens with zero attached hydrogens (tertiary/aromatic N) is 1. The Morgan fingerprint density at radius 3 is 2.16 bits per heavy atom. The fourth-order valence-electron chi connectivity index (χ4n) is 4.05. The second kappa shape index (κ2) is 5.04. The van der Waals surface area contributed by atoms with Crippen LogP contribution in [0.25, 0.3) is 0 Å². The van der Waals surface area contributed by atoms with Gasteiger partial charge in [-0.1, -0.05) is 13.8 Å². The molecule has 1 saturated heterocycles. The van der Waals surface area contributed by atoms with Crippen LogP contribution < -0.4 is 5.32 Å². The minimum Gasteiger partial charge on any atom is -0.309 e. The fourth-order valence-corrected chi connectivity index (χ4v) is 4.05. The van der Waals surface area contributed by atoms with Gasteiger partial charge in [0, 0.05) is 31.2 Å². The van der Waals surface area contributed by atoms with E-state index in [1.807, 2.05) is 0 Å². The third kappa shape index (κ3) is 3.33. The summed E-state index contributed by atoms with van der Waals surface area (Å²) in [6.45, 7) is 13.3. The second-order valence-corrected chi connectivity index (χ2v) is 8.34. The van der Waals surface area contributed by atoms with Gasteiger partial charge >= 0.3 is 0 Å². The highest BCUT2D eigenvalue weighted by Crippen LogP contribution is 2.49. The normalized spacial score (nSPS) is 32.2. The number of hydrogen-bond acceptors (Lipinski definition) is 2. The zero-order valence-corrected chi connectivity index (χ0v) is 13.3. The van der Waals surface area contributed by atoms with Gasteiger partial charge < -0.3 is 5.32 Å². The Hall–Kier alpha value is -0.0800. The van der Waals surface area contributed by atoms with Gasteiger partial charge in [0.25, 0.3) is 0 Å². The van der Waals surface area contributed by atoms with Gasteiger partial charge in [0.2, 0.25) is 0 Å². The predicted molar refractivity (Wildman–Crippen MR) is 81.2 cm³/mol. The summed E-state index contributed by atoms with van der Waals surface area (Å²) >= 11 is 0. The molecule has 2 heteroatoms. The molecule has 0 radical (unpaired) electrons. The van der Waals surface area contributed by atoms with Crippen LogP contribution in [-0.2, 0) is 0 Å². The van der Waals surface area contributed by atoms with E-state index >= 15 is 0 Å². The van der Waals surface area contributed by atoms with Crippen LogP contribution in [0.15, 0.2) is 0 Å². The van der Waals surface area contributed by atoms with Crippen LogP contribution in [0.5, 0.6) is 0 Å². The molecule has 2 aliphatic carbocycles. The second-order valence-electron chi connectivity index (χ2n) is 8.34. The van der Waals surface area contributed by atoms with Crippen molar-refractivity contribution >= 4 is 0 Å². The Labute approximate surface area is 119 Å². The lowest BCUT2D eigenvalue weighted by Crippen LogP contribution is -2.63. The van der Waals surface area contributed by atoms with Gasteiger partial charge in [-0.05, 0) is 63.2 Å². The summed E-state index contributed by atoms with van der Waals surface area (Å²) in [6, 6.07) is 0.744. The molecular weight excluding hydrogens is 232 g/mol. The topological polar surface area (TPSA) is 15.3 Å². The van der Waals surface area contributed by atoms with Crippen molar-refractivity contribution in [2.45, 2.75) is 65.0 Å². The number of piperazine rings is 1. The fraction of sp³-hybridized carbons (Fsp3) is 1.00. The van der Waals surface area contributed by atoms with Crippen molar-refractivity contribution in [3.63, 3.8) is 0 Å². The average molecular weight is 264 g/mol. The maximum absolute atomic E-state index is 3.74. The van der Waals surface area contributed by atoms with Gasteiger partial charge in [0.15, 0.2) is 0 Å². The van der Waals surface area contributed by atoms with Crippen molar-refractivity contribution in [3.05, 3.63) is 0 Å². The summed E-state index contributed by atoms with van der Waals surface area (Å²) in [6.07, 6.45) is 6.07. The summed E-state index contributed by atoms with van der Waals surface area (Å²) in [7, 11) is 0. The van der Waals surface area contributed by atoms with Gasteiger partial charge in [-0.15, -0.1) is 0 Å². The first-order valence-electron chi connectivity index (χ1n) is 8.45. The zero-order chi connectivity index (χ0) is 13.6. The largest absolute Gasteiger partial charge is 0.309 e. The highest BCUT2D eigenvalue weighted by Gasteiger charge is 2.44. The minimum atomic E-state index is 0.295. The Morgan fingerprint density at radius 2 is 1.68 bits per heavy atom.